The third kappa shape index (κ3) is 2.89. The van der Waals surface area contributed by atoms with Gasteiger partial charge in [-0.15, -0.1) is 6.58 Å². The van der Waals surface area contributed by atoms with Gasteiger partial charge in [0.25, 0.3) is 0 Å². The lowest BCUT2D eigenvalue weighted by atomic mass is 9.81. The summed E-state index contributed by atoms with van der Waals surface area (Å²) in [6, 6.07) is 0. The molecule has 0 aliphatic heterocycles. The largest absolute Gasteiger partial charge is 0.393 e. The number of hydrogen-bond acceptors (Lipinski definition) is 1. The van der Waals surface area contributed by atoms with E-state index in [4.69, 9.17) is 0 Å². The quantitative estimate of drug-likeness (QED) is 0.617. The number of rotatable bonds is 4. The first kappa shape index (κ1) is 10.4. The molecule has 0 saturated heterocycles. The zero-order valence-electron chi connectivity index (χ0n) is 7.67. The van der Waals surface area contributed by atoms with E-state index < -0.39 is 0 Å². The maximum Gasteiger partial charge on any atom is 0.0603 e. The van der Waals surface area contributed by atoms with Crippen molar-refractivity contribution in [3.8, 4) is 0 Å². The molecule has 0 bridgehead atoms. The van der Waals surface area contributed by atoms with Crippen LogP contribution >= 0.6 is 0 Å². The molecular formula is C10H18O. The van der Waals surface area contributed by atoms with E-state index >= 15 is 0 Å². The summed E-state index contributed by atoms with van der Waals surface area (Å²) in [7, 11) is 0. The van der Waals surface area contributed by atoms with E-state index in [2.05, 4.69) is 6.58 Å². The van der Waals surface area contributed by atoms with Gasteiger partial charge in [-0.2, -0.15) is 0 Å². The summed E-state index contributed by atoms with van der Waals surface area (Å²) in [5.41, 5.74) is -0.142. The Hall–Kier alpha value is -0.560. The lowest BCUT2D eigenvalue weighted by Gasteiger charge is -2.27. The minimum atomic E-state index is -0.323. The van der Waals surface area contributed by atoms with Crippen LogP contribution in [-0.4, -0.2) is 11.2 Å². The maximum atomic E-state index is 9.43. The fourth-order valence-corrected chi connectivity index (χ4v) is 1.07. The smallest absolute Gasteiger partial charge is 0.0603 e. The van der Waals surface area contributed by atoms with Crippen molar-refractivity contribution >= 4 is 0 Å². The van der Waals surface area contributed by atoms with Gasteiger partial charge in [-0.3, -0.25) is 0 Å². The first-order chi connectivity index (χ1) is 5.06. The summed E-state index contributed by atoms with van der Waals surface area (Å²) in [5.74, 6) is 0. The molecule has 11 heavy (non-hydrogen) atoms. The Labute approximate surface area is 69.4 Å². The van der Waals surface area contributed by atoms with Gasteiger partial charge in [-0.25, -0.2) is 0 Å². The molecule has 1 heteroatoms. The van der Waals surface area contributed by atoms with E-state index in [0.29, 0.717) is 0 Å². The highest BCUT2D eigenvalue weighted by molar-refractivity contribution is 5.01. The third-order valence-electron chi connectivity index (χ3n) is 2.09. The van der Waals surface area contributed by atoms with Crippen LogP contribution < -0.4 is 0 Å². The van der Waals surface area contributed by atoms with Crippen molar-refractivity contribution in [1.82, 2.24) is 0 Å². The van der Waals surface area contributed by atoms with Crippen LogP contribution in [0.25, 0.3) is 0 Å². The molecular weight excluding hydrogens is 136 g/mol. The molecule has 1 N–H and O–H groups in total. The Morgan fingerprint density at radius 2 is 2.18 bits per heavy atom. The molecule has 0 aliphatic rings. The average molecular weight is 154 g/mol. The number of allylic oxidation sites excluding steroid dienone is 2. The van der Waals surface area contributed by atoms with E-state index in [1.165, 1.54) is 0 Å². The minimum Gasteiger partial charge on any atom is -0.393 e. The maximum absolute atomic E-state index is 9.43. The van der Waals surface area contributed by atoms with Gasteiger partial charge >= 0.3 is 0 Å². The fraction of sp³-hybridized carbons (Fsp3) is 0.600. The first-order valence-electron chi connectivity index (χ1n) is 3.99. The highest BCUT2D eigenvalue weighted by atomic mass is 16.3. The van der Waals surface area contributed by atoms with Crippen molar-refractivity contribution < 1.29 is 5.11 Å². The van der Waals surface area contributed by atoms with Gasteiger partial charge in [0.05, 0.1) is 6.10 Å². The standard InChI is InChI=1S/C10H18O/c1-5-7-10(4,8-6-2)9(3)11/h5-6,8-9,11H,1,7H2,2-4H3/b8-6+. The van der Waals surface area contributed by atoms with Crippen molar-refractivity contribution in [1.29, 1.82) is 0 Å². The molecule has 0 aliphatic carbocycles. The van der Waals surface area contributed by atoms with Gasteiger partial charge in [0.15, 0.2) is 0 Å². The molecule has 0 saturated carbocycles. The molecule has 2 unspecified atom stereocenters. The molecule has 0 amide bonds. The number of hydrogen-bond donors (Lipinski definition) is 1. The van der Waals surface area contributed by atoms with Crippen molar-refractivity contribution in [2.45, 2.75) is 33.3 Å². The summed E-state index contributed by atoms with van der Waals surface area (Å²) in [4.78, 5) is 0. The second-order valence-corrected chi connectivity index (χ2v) is 3.17. The van der Waals surface area contributed by atoms with E-state index in [0.717, 1.165) is 6.42 Å². The molecule has 0 spiro atoms. The minimum absolute atomic E-state index is 0.142. The highest BCUT2D eigenvalue weighted by Crippen LogP contribution is 2.27. The Kier molecular flexibility index (Phi) is 4.12. The molecule has 0 aromatic heterocycles. The van der Waals surface area contributed by atoms with Crippen LogP contribution in [-0.2, 0) is 0 Å². The Morgan fingerprint density at radius 1 is 1.64 bits per heavy atom. The molecule has 0 rings (SSSR count). The van der Waals surface area contributed by atoms with Crippen molar-refractivity contribution in [3.05, 3.63) is 24.8 Å². The van der Waals surface area contributed by atoms with Crippen LogP contribution in [0.3, 0.4) is 0 Å². The second-order valence-electron chi connectivity index (χ2n) is 3.17. The summed E-state index contributed by atoms with van der Waals surface area (Å²) < 4.78 is 0. The summed E-state index contributed by atoms with van der Waals surface area (Å²) in [6.45, 7) is 9.46. The molecule has 0 aromatic rings. The normalized spacial score (nSPS) is 19.6. The lowest BCUT2D eigenvalue weighted by molar-refractivity contribution is 0.0890. The zero-order chi connectivity index (χ0) is 8.91. The Balaban J connectivity index is 4.37. The lowest BCUT2D eigenvalue weighted by Crippen LogP contribution is -2.26. The molecule has 0 fully saturated rings. The predicted molar refractivity (Wildman–Crippen MR) is 49.4 cm³/mol. The van der Waals surface area contributed by atoms with Crippen LogP contribution in [0.1, 0.15) is 27.2 Å². The van der Waals surface area contributed by atoms with Crippen LogP contribution in [0.4, 0.5) is 0 Å². The molecule has 1 nitrogen and oxygen atoms in total. The topological polar surface area (TPSA) is 20.2 Å². The van der Waals surface area contributed by atoms with Crippen molar-refractivity contribution in [2.24, 2.45) is 5.41 Å². The average Bonchev–Trinajstić information content (AvgIpc) is 1.88. The van der Waals surface area contributed by atoms with Gasteiger partial charge in [0, 0.05) is 5.41 Å². The Morgan fingerprint density at radius 3 is 2.45 bits per heavy atom. The van der Waals surface area contributed by atoms with E-state index in [1.54, 1.807) is 0 Å². The van der Waals surface area contributed by atoms with Crippen LogP contribution in [0.2, 0.25) is 0 Å². The zero-order valence-corrected chi connectivity index (χ0v) is 7.67. The molecule has 0 radical (unpaired) electrons. The summed E-state index contributed by atoms with van der Waals surface area (Å²) in [5, 5.41) is 9.43. The third-order valence-corrected chi connectivity index (χ3v) is 2.09. The monoisotopic (exact) mass is 154 g/mol. The molecule has 2 atom stereocenters. The number of aliphatic hydroxyl groups excluding tert-OH is 1. The van der Waals surface area contributed by atoms with Gasteiger partial charge < -0.3 is 5.11 Å². The van der Waals surface area contributed by atoms with Crippen LogP contribution in [0.5, 0.6) is 0 Å². The number of aliphatic hydroxyl groups is 1. The van der Waals surface area contributed by atoms with Gasteiger partial charge in [0.1, 0.15) is 0 Å². The highest BCUT2D eigenvalue weighted by Gasteiger charge is 2.24. The van der Waals surface area contributed by atoms with Gasteiger partial charge in [-0.1, -0.05) is 25.2 Å². The van der Waals surface area contributed by atoms with E-state index in [-0.39, 0.29) is 11.5 Å². The predicted octanol–water partition coefficient (Wildman–Crippen LogP) is 2.53. The second kappa shape index (κ2) is 4.35. The van der Waals surface area contributed by atoms with Crippen molar-refractivity contribution in [2.75, 3.05) is 0 Å². The summed E-state index contributed by atoms with van der Waals surface area (Å²) >= 11 is 0. The van der Waals surface area contributed by atoms with E-state index in [1.807, 2.05) is 39.0 Å². The van der Waals surface area contributed by atoms with Gasteiger partial charge in [-0.05, 0) is 20.3 Å². The summed E-state index contributed by atoms with van der Waals surface area (Å²) in [6.07, 6.45) is 6.33. The van der Waals surface area contributed by atoms with Gasteiger partial charge in [0.2, 0.25) is 0 Å². The Bertz CT molecular complexity index is 147. The SMILES string of the molecule is C=CCC(C)(/C=C/C)C(C)O. The molecule has 0 heterocycles. The van der Waals surface area contributed by atoms with Crippen LogP contribution in [0, 0.1) is 5.41 Å². The molecule has 0 aromatic carbocycles. The van der Waals surface area contributed by atoms with Crippen LogP contribution in [0.15, 0.2) is 24.8 Å². The first-order valence-corrected chi connectivity index (χ1v) is 3.99. The molecule has 64 valence electrons. The van der Waals surface area contributed by atoms with Crippen molar-refractivity contribution in [3.63, 3.8) is 0 Å². The fourth-order valence-electron chi connectivity index (χ4n) is 1.07. The van der Waals surface area contributed by atoms with E-state index in [9.17, 15) is 5.11 Å².